The maximum atomic E-state index is 12.5. The first-order valence-corrected chi connectivity index (χ1v) is 12.2. The van der Waals surface area contributed by atoms with Crippen molar-refractivity contribution in [3.8, 4) is 17.2 Å². The molecule has 0 heterocycles. The number of carbonyl (C=O) groups is 1. The maximum Gasteiger partial charge on any atom is 0.224 e. The molecule has 8 heteroatoms. The number of aliphatic hydroxyl groups is 2. The first-order chi connectivity index (χ1) is 17.8. The molecule has 0 saturated carbocycles. The van der Waals surface area contributed by atoms with Crippen molar-refractivity contribution >= 4 is 5.91 Å². The summed E-state index contributed by atoms with van der Waals surface area (Å²) in [7, 11) is 3.17. The largest absolute Gasteiger partial charge is 0.508 e. The van der Waals surface area contributed by atoms with Gasteiger partial charge in [-0.3, -0.25) is 4.79 Å². The molecule has 0 aliphatic rings. The predicted molar refractivity (Wildman–Crippen MR) is 142 cm³/mol. The number of benzene rings is 3. The van der Waals surface area contributed by atoms with Crippen molar-refractivity contribution in [1.82, 2.24) is 10.6 Å². The molecule has 0 unspecified atom stereocenters. The zero-order chi connectivity index (χ0) is 26.8. The minimum atomic E-state index is -0.759. The molecule has 0 bridgehead atoms. The highest BCUT2D eigenvalue weighted by Gasteiger charge is 2.14. The molecule has 3 aromatic rings. The fourth-order valence-corrected chi connectivity index (χ4v) is 4.13. The fraction of sp³-hybridized carbons (Fsp3) is 0.345. The van der Waals surface area contributed by atoms with Gasteiger partial charge >= 0.3 is 0 Å². The molecule has 0 aromatic heterocycles. The first kappa shape index (κ1) is 28.0. The van der Waals surface area contributed by atoms with Crippen LogP contribution in [0.5, 0.6) is 17.2 Å². The minimum absolute atomic E-state index is 0.0114. The third kappa shape index (κ3) is 7.95. The van der Waals surface area contributed by atoms with Crippen LogP contribution in [0.1, 0.15) is 40.8 Å². The van der Waals surface area contributed by atoms with Crippen molar-refractivity contribution in [2.24, 2.45) is 0 Å². The van der Waals surface area contributed by atoms with Gasteiger partial charge < -0.3 is 35.4 Å². The normalized spacial score (nSPS) is 12.6. The van der Waals surface area contributed by atoms with E-state index in [0.29, 0.717) is 35.7 Å². The number of amides is 1. The van der Waals surface area contributed by atoms with Crippen molar-refractivity contribution < 1.29 is 29.6 Å². The van der Waals surface area contributed by atoms with Gasteiger partial charge in [-0.05, 0) is 54.3 Å². The SMILES string of the molecule is COc1cccc(OC)c1CNC(=O)Cc1ccc(C[C@@H](C)NC[C@H](O)c2ccc(O)c(CO)c2)cc1. The first-order valence-electron chi connectivity index (χ1n) is 12.2. The second-order valence-electron chi connectivity index (χ2n) is 8.99. The minimum Gasteiger partial charge on any atom is -0.508 e. The van der Waals surface area contributed by atoms with E-state index in [1.807, 2.05) is 49.4 Å². The Balaban J connectivity index is 1.46. The zero-order valence-corrected chi connectivity index (χ0v) is 21.5. The van der Waals surface area contributed by atoms with E-state index in [0.717, 1.165) is 23.1 Å². The van der Waals surface area contributed by atoms with Crippen molar-refractivity contribution in [3.63, 3.8) is 0 Å². The van der Waals surface area contributed by atoms with E-state index >= 15 is 0 Å². The third-order valence-electron chi connectivity index (χ3n) is 6.24. The topological polar surface area (TPSA) is 120 Å². The molecule has 3 aromatic carbocycles. The Morgan fingerprint density at radius 3 is 2.24 bits per heavy atom. The average Bonchev–Trinajstić information content (AvgIpc) is 2.91. The summed E-state index contributed by atoms with van der Waals surface area (Å²) in [6, 6.07) is 18.3. The Morgan fingerprint density at radius 1 is 0.973 bits per heavy atom. The van der Waals surface area contributed by atoms with E-state index in [4.69, 9.17) is 9.47 Å². The van der Waals surface area contributed by atoms with Crippen LogP contribution in [-0.2, 0) is 30.8 Å². The lowest BCUT2D eigenvalue weighted by Crippen LogP contribution is -2.32. The highest BCUT2D eigenvalue weighted by Crippen LogP contribution is 2.28. The highest BCUT2D eigenvalue weighted by molar-refractivity contribution is 5.78. The number of phenols is 1. The van der Waals surface area contributed by atoms with E-state index in [-0.39, 0.29) is 30.7 Å². The van der Waals surface area contributed by atoms with E-state index in [1.165, 1.54) is 6.07 Å². The number of methoxy groups -OCH3 is 2. The van der Waals surface area contributed by atoms with Crippen LogP contribution in [0.4, 0.5) is 0 Å². The van der Waals surface area contributed by atoms with Gasteiger partial charge in [0, 0.05) is 18.2 Å². The number of nitrogens with one attached hydrogen (secondary N) is 2. The van der Waals surface area contributed by atoms with Gasteiger partial charge in [0.1, 0.15) is 17.2 Å². The summed E-state index contributed by atoms with van der Waals surface area (Å²) in [6.45, 7) is 2.40. The Hall–Kier alpha value is -3.59. The van der Waals surface area contributed by atoms with Gasteiger partial charge in [-0.2, -0.15) is 0 Å². The Labute approximate surface area is 217 Å². The average molecular weight is 509 g/mol. The second-order valence-corrected chi connectivity index (χ2v) is 8.99. The molecule has 2 atom stereocenters. The van der Waals surface area contributed by atoms with Gasteiger partial charge in [0.2, 0.25) is 5.91 Å². The second kappa shape index (κ2) is 13.6. The van der Waals surface area contributed by atoms with Crippen LogP contribution in [0.2, 0.25) is 0 Å². The summed E-state index contributed by atoms with van der Waals surface area (Å²) < 4.78 is 10.8. The summed E-state index contributed by atoms with van der Waals surface area (Å²) in [5.41, 5.74) is 3.84. The van der Waals surface area contributed by atoms with Crippen molar-refractivity contribution in [2.75, 3.05) is 20.8 Å². The van der Waals surface area contributed by atoms with Crippen LogP contribution < -0.4 is 20.1 Å². The van der Waals surface area contributed by atoms with Crippen LogP contribution >= 0.6 is 0 Å². The lowest BCUT2D eigenvalue weighted by molar-refractivity contribution is -0.120. The van der Waals surface area contributed by atoms with Gasteiger partial charge in [-0.1, -0.05) is 36.4 Å². The Kier molecular flexibility index (Phi) is 10.3. The molecule has 3 rings (SSSR count). The molecular formula is C29H36N2O6. The molecular weight excluding hydrogens is 472 g/mol. The van der Waals surface area contributed by atoms with E-state index < -0.39 is 6.10 Å². The smallest absolute Gasteiger partial charge is 0.224 e. The van der Waals surface area contributed by atoms with E-state index in [2.05, 4.69) is 10.6 Å². The third-order valence-corrected chi connectivity index (χ3v) is 6.24. The molecule has 0 aliphatic heterocycles. The molecule has 0 fully saturated rings. The molecule has 198 valence electrons. The molecule has 5 N–H and O–H groups in total. The summed E-state index contributed by atoms with van der Waals surface area (Å²) in [5.74, 6) is 1.25. The maximum absolute atomic E-state index is 12.5. The van der Waals surface area contributed by atoms with Gasteiger partial charge in [0.05, 0.1) is 45.5 Å². The summed E-state index contributed by atoms with van der Waals surface area (Å²) in [4.78, 5) is 12.5. The predicted octanol–water partition coefficient (Wildman–Crippen LogP) is 3.01. The highest BCUT2D eigenvalue weighted by atomic mass is 16.5. The number of ether oxygens (including phenoxy) is 2. The van der Waals surface area contributed by atoms with Crippen LogP contribution in [0, 0.1) is 0 Å². The molecule has 0 aliphatic carbocycles. The van der Waals surface area contributed by atoms with Gasteiger partial charge in [0.25, 0.3) is 0 Å². The van der Waals surface area contributed by atoms with E-state index in [1.54, 1.807) is 26.4 Å². The fourth-order valence-electron chi connectivity index (χ4n) is 4.13. The molecule has 1 amide bonds. The summed E-state index contributed by atoms with van der Waals surface area (Å²) in [5, 5.41) is 35.7. The van der Waals surface area contributed by atoms with Gasteiger partial charge in [-0.15, -0.1) is 0 Å². The molecule has 0 saturated heterocycles. The number of carbonyl (C=O) groups excluding carboxylic acids is 1. The number of rotatable bonds is 13. The zero-order valence-electron chi connectivity index (χ0n) is 21.5. The Bertz CT molecular complexity index is 1140. The molecule has 0 radical (unpaired) electrons. The van der Waals surface area contributed by atoms with Gasteiger partial charge in [0.15, 0.2) is 0 Å². The summed E-state index contributed by atoms with van der Waals surface area (Å²) >= 11 is 0. The number of aromatic hydroxyl groups is 1. The molecule has 0 spiro atoms. The van der Waals surface area contributed by atoms with Crippen molar-refractivity contribution in [3.05, 3.63) is 88.5 Å². The summed E-state index contributed by atoms with van der Waals surface area (Å²) in [6.07, 6.45) is 0.259. The molecule has 37 heavy (non-hydrogen) atoms. The van der Waals surface area contributed by atoms with E-state index in [9.17, 15) is 20.1 Å². The van der Waals surface area contributed by atoms with Crippen LogP contribution in [0.15, 0.2) is 60.7 Å². The Morgan fingerprint density at radius 2 is 1.62 bits per heavy atom. The number of aliphatic hydroxyl groups excluding tert-OH is 2. The van der Waals surface area contributed by atoms with Gasteiger partial charge in [-0.25, -0.2) is 0 Å². The molecule has 8 nitrogen and oxygen atoms in total. The monoisotopic (exact) mass is 508 g/mol. The van der Waals surface area contributed by atoms with Crippen LogP contribution in [-0.4, -0.2) is 48.0 Å². The lowest BCUT2D eigenvalue weighted by atomic mass is 10.0. The van der Waals surface area contributed by atoms with Crippen molar-refractivity contribution in [1.29, 1.82) is 0 Å². The van der Waals surface area contributed by atoms with Crippen molar-refractivity contribution in [2.45, 2.75) is 45.1 Å². The number of hydrogen-bond acceptors (Lipinski definition) is 7. The van der Waals surface area contributed by atoms with Crippen LogP contribution in [0.3, 0.4) is 0 Å². The lowest BCUT2D eigenvalue weighted by Gasteiger charge is -2.18. The number of hydrogen-bond donors (Lipinski definition) is 5. The standard InChI is InChI=1S/C29H36N2O6/c1-19(30-17-26(34)22-11-12-25(33)23(15-22)18-32)13-20-7-9-21(10-8-20)14-29(35)31-16-24-27(36-2)5-4-6-28(24)37-3/h4-12,15,19,26,30,32-34H,13-14,16-18H2,1-3H3,(H,31,35)/t19-,26+/m1/s1. The van der Waals surface area contributed by atoms with Crippen LogP contribution in [0.25, 0.3) is 0 Å². The quantitative estimate of drug-likeness (QED) is 0.241.